The van der Waals surface area contributed by atoms with E-state index in [-0.39, 0.29) is 35.7 Å². The fourth-order valence-electron chi connectivity index (χ4n) is 6.67. The van der Waals surface area contributed by atoms with Crippen LogP contribution in [0, 0.1) is 16.7 Å². The number of carbonyl (C=O) groups excluding carboxylic acids is 2. The quantitative estimate of drug-likeness (QED) is 0.491. The molecule has 2 heterocycles. The topological polar surface area (TPSA) is 106 Å². The largest absolute Gasteiger partial charge is 0.396 e. The number of carbonyl (C=O) groups is 2. The molecule has 1 aromatic rings. The molecular formula is C26H42N4O4S. The summed E-state index contributed by atoms with van der Waals surface area (Å²) < 4.78 is 0. The van der Waals surface area contributed by atoms with Gasteiger partial charge in [0.05, 0.1) is 18.4 Å². The molecule has 196 valence electrons. The van der Waals surface area contributed by atoms with Gasteiger partial charge in [-0.1, -0.05) is 27.2 Å². The van der Waals surface area contributed by atoms with E-state index in [1.165, 1.54) is 4.88 Å². The van der Waals surface area contributed by atoms with Crippen LogP contribution in [0.4, 0.5) is 5.13 Å². The number of amides is 2. The van der Waals surface area contributed by atoms with Crippen molar-refractivity contribution in [3.05, 3.63) is 10.6 Å². The molecule has 8 nitrogen and oxygen atoms in total. The molecule has 1 aliphatic heterocycles. The van der Waals surface area contributed by atoms with Crippen molar-refractivity contribution in [3.8, 4) is 0 Å². The average molecular weight is 507 g/mol. The van der Waals surface area contributed by atoms with Crippen LogP contribution < -0.4 is 5.32 Å². The molecule has 0 bridgehead atoms. The molecule has 35 heavy (non-hydrogen) atoms. The molecular weight excluding hydrogens is 464 g/mol. The molecule has 0 radical (unpaired) electrons. The second-order valence-corrected chi connectivity index (χ2v) is 12.3. The number of hydrogen-bond acceptors (Lipinski definition) is 7. The number of hydrogen-bond donors (Lipinski definition) is 3. The van der Waals surface area contributed by atoms with Gasteiger partial charge in [-0.3, -0.25) is 9.59 Å². The van der Waals surface area contributed by atoms with Crippen LogP contribution in [0.15, 0.2) is 0 Å². The SMILES string of the molecule is CCCCNc1nc2c(s1)C[C@@H]1[C@](C)(CO)[C@H](O)CC[C@@]1(C)[C@@H]2CC(=O)N1CCN(C(C)=O)CC1. The fourth-order valence-corrected chi connectivity index (χ4v) is 7.76. The third kappa shape index (κ3) is 4.83. The Morgan fingerprint density at radius 1 is 1.20 bits per heavy atom. The number of thiazole rings is 1. The first-order valence-electron chi connectivity index (χ1n) is 13.2. The van der Waals surface area contributed by atoms with E-state index in [4.69, 9.17) is 4.98 Å². The molecule has 0 unspecified atom stereocenters. The van der Waals surface area contributed by atoms with E-state index in [0.29, 0.717) is 39.0 Å². The van der Waals surface area contributed by atoms with Crippen LogP contribution in [0.5, 0.6) is 0 Å². The van der Waals surface area contributed by atoms with Gasteiger partial charge in [-0.15, -0.1) is 11.3 Å². The first kappa shape index (κ1) is 26.4. The molecule has 4 rings (SSSR count). The van der Waals surface area contributed by atoms with E-state index in [2.05, 4.69) is 19.2 Å². The number of aliphatic hydroxyl groups excluding tert-OH is 2. The lowest BCUT2D eigenvalue weighted by Crippen LogP contribution is -2.58. The molecule has 3 aliphatic rings. The van der Waals surface area contributed by atoms with E-state index in [9.17, 15) is 19.8 Å². The van der Waals surface area contributed by atoms with Gasteiger partial charge < -0.3 is 25.3 Å². The molecule has 9 heteroatoms. The van der Waals surface area contributed by atoms with Crippen molar-refractivity contribution in [2.45, 2.75) is 78.2 Å². The van der Waals surface area contributed by atoms with Gasteiger partial charge in [-0.2, -0.15) is 0 Å². The van der Waals surface area contributed by atoms with Gasteiger partial charge in [-0.25, -0.2) is 4.98 Å². The molecule has 0 aromatic carbocycles. The maximum Gasteiger partial charge on any atom is 0.223 e. The van der Waals surface area contributed by atoms with Crippen LogP contribution in [-0.2, 0) is 16.0 Å². The first-order chi connectivity index (χ1) is 16.6. The zero-order valence-corrected chi connectivity index (χ0v) is 22.5. The van der Waals surface area contributed by atoms with E-state index in [1.54, 1.807) is 23.2 Å². The lowest BCUT2D eigenvalue weighted by atomic mass is 9.47. The molecule has 1 aromatic heterocycles. The van der Waals surface area contributed by atoms with Gasteiger partial charge in [-0.05, 0) is 37.0 Å². The van der Waals surface area contributed by atoms with Crippen LogP contribution >= 0.6 is 11.3 Å². The van der Waals surface area contributed by atoms with Crippen LogP contribution in [-0.4, -0.2) is 82.2 Å². The Hall–Kier alpha value is -1.71. The van der Waals surface area contributed by atoms with Crippen molar-refractivity contribution >= 4 is 28.3 Å². The summed E-state index contributed by atoms with van der Waals surface area (Å²) in [4.78, 5) is 35.2. The highest BCUT2D eigenvalue weighted by Gasteiger charge is 2.59. The van der Waals surface area contributed by atoms with Crippen LogP contribution in [0.1, 0.15) is 76.3 Å². The van der Waals surface area contributed by atoms with Gasteiger partial charge in [0.2, 0.25) is 11.8 Å². The fraction of sp³-hybridized carbons (Fsp3) is 0.808. The smallest absolute Gasteiger partial charge is 0.223 e. The molecule has 1 saturated heterocycles. The third-order valence-corrected chi connectivity index (χ3v) is 10.2. The summed E-state index contributed by atoms with van der Waals surface area (Å²) >= 11 is 1.67. The standard InChI is InChI=1S/C26H42N4O4S/c1-5-6-9-27-24-28-23-18(14-22(34)30-12-10-29(11-13-30)17(2)32)25(3)8-7-21(33)26(4,16-31)20(25)15-19(23)35-24/h18,20-21,31,33H,5-16H2,1-4H3,(H,27,28)/t18-,20+,21-,25+,26+/m1/s1. The van der Waals surface area contributed by atoms with E-state index >= 15 is 0 Å². The number of anilines is 1. The van der Waals surface area contributed by atoms with Gasteiger partial charge in [0.25, 0.3) is 0 Å². The summed E-state index contributed by atoms with van der Waals surface area (Å²) in [5.41, 5.74) is 0.175. The average Bonchev–Trinajstić information content (AvgIpc) is 3.25. The lowest BCUT2D eigenvalue weighted by molar-refractivity contribution is -0.149. The second-order valence-electron chi connectivity index (χ2n) is 11.2. The maximum absolute atomic E-state index is 13.6. The van der Waals surface area contributed by atoms with Crippen molar-refractivity contribution in [2.24, 2.45) is 16.7 Å². The number of aromatic nitrogens is 1. The van der Waals surface area contributed by atoms with Crippen LogP contribution in [0.3, 0.4) is 0 Å². The van der Waals surface area contributed by atoms with Crippen molar-refractivity contribution < 1.29 is 19.8 Å². The van der Waals surface area contributed by atoms with Gasteiger partial charge in [0, 0.05) is 62.3 Å². The van der Waals surface area contributed by atoms with Crippen molar-refractivity contribution in [1.82, 2.24) is 14.8 Å². The van der Waals surface area contributed by atoms with E-state index < -0.39 is 11.5 Å². The number of piperazine rings is 1. The summed E-state index contributed by atoms with van der Waals surface area (Å²) in [6, 6.07) is 0. The van der Waals surface area contributed by atoms with Crippen LogP contribution in [0.25, 0.3) is 0 Å². The minimum absolute atomic E-state index is 0.0546. The second kappa shape index (κ2) is 10.3. The molecule has 0 spiro atoms. The summed E-state index contributed by atoms with van der Waals surface area (Å²) in [5, 5.41) is 25.7. The number of nitrogens with one attached hydrogen (secondary N) is 1. The minimum Gasteiger partial charge on any atom is -0.396 e. The Bertz CT molecular complexity index is 930. The summed E-state index contributed by atoms with van der Waals surface area (Å²) in [5.74, 6) is 0.161. The highest BCUT2D eigenvalue weighted by Crippen LogP contribution is 2.62. The number of fused-ring (bicyclic) bond motifs is 2. The molecule has 2 aliphatic carbocycles. The number of nitrogens with zero attached hydrogens (tertiary/aromatic N) is 3. The summed E-state index contributed by atoms with van der Waals surface area (Å²) in [6.07, 6.45) is 4.20. The normalized spacial score (nSPS) is 32.7. The Morgan fingerprint density at radius 3 is 2.51 bits per heavy atom. The summed E-state index contributed by atoms with van der Waals surface area (Å²) in [7, 11) is 0. The highest BCUT2D eigenvalue weighted by atomic mass is 32.1. The first-order valence-corrected chi connectivity index (χ1v) is 14.0. The molecule has 1 saturated carbocycles. The predicted molar refractivity (Wildman–Crippen MR) is 137 cm³/mol. The zero-order valence-electron chi connectivity index (χ0n) is 21.7. The van der Waals surface area contributed by atoms with Gasteiger partial charge >= 0.3 is 0 Å². The number of aliphatic hydroxyl groups is 2. The molecule has 3 N–H and O–H groups in total. The van der Waals surface area contributed by atoms with Crippen molar-refractivity contribution in [2.75, 3.05) is 44.6 Å². The van der Waals surface area contributed by atoms with Crippen LogP contribution in [0.2, 0.25) is 0 Å². The van der Waals surface area contributed by atoms with E-state index in [1.807, 2.05) is 11.8 Å². The maximum atomic E-state index is 13.6. The number of unbranched alkanes of at least 4 members (excludes halogenated alkanes) is 1. The van der Waals surface area contributed by atoms with E-state index in [0.717, 1.165) is 43.1 Å². The predicted octanol–water partition coefficient (Wildman–Crippen LogP) is 2.85. The lowest BCUT2D eigenvalue weighted by Gasteiger charge is -2.58. The Labute approximate surface area is 213 Å². The third-order valence-electron chi connectivity index (χ3n) is 9.16. The Balaban J connectivity index is 1.63. The van der Waals surface area contributed by atoms with Crippen molar-refractivity contribution in [1.29, 1.82) is 0 Å². The molecule has 5 atom stereocenters. The highest BCUT2D eigenvalue weighted by molar-refractivity contribution is 7.15. The Morgan fingerprint density at radius 2 is 1.89 bits per heavy atom. The van der Waals surface area contributed by atoms with Gasteiger partial charge in [0.15, 0.2) is 5.13 Å². The molecule has 2 amide bonds. The summed E-state index contributed by atoms with van der Waals surface area (Å²) in [6.45, 7) is 11.1. The minimum atomic E-state index is -0.612. The monoisotopic (exact) mass is 506 g/mol. The van der Waals surface area contributed by atoms with Gasteiger partial charge in [0.1, 0.15) is 0 Å². The Kier molecular flexibility index (Phi) is 7.79. The zero-order chi connectivity index (χ0) is 25.4. The number of rotatable bonds is 7. The molecule has 2 fully saturated rings. The van der Waals surface area contributed by atoms with Crippen molar-refractivity contribution in [3.63, 3.8) is 0 Å².